The van der Waals surface area contributed by atoms with Crippen molar-refractivity contribution in [2.24, 2.45) is 5.92 Å². The average Bonchev–Trinajstić information content (AvgIpc) is 3.49. The molecule has 7 heteroatoms. The van der Waals surface area contributed by atoms with E-state index in [4.69, 9.17) is 0 Å². The number of aromatic nitrogens is 3. The maximum absolute atomic E-state index is 13.2. The standard InChI is InChI=1S/C24H26N4O2S/c1-17-4-3-5-23(10-17)31(29,30)28-16-19(11-18(28)2)15-27-9-8-21-12-20(6-7-24(21)27)22-13-25-26-14-22/h3-10,12-14,18-19H,11,15-16H2,1-2H3,(H,25,26)/t18-,19-/m0/s1. The van der Waals surface area contributed by atoms with Gasteiger partial charge in [0.2, 0.25) is 10.0 Å². The number of hydrogen-bond donors (Lipinski definition) is 1. The Balaban J connectivity index is 1.36. The van der Waals surface area contributed by atoms with Crippen molar-refractivity contribution in [1.29, 1.82) is 0 Å². The number of rotatable bonds is 5. The van der Waals surface area contributed by atoms with Gasteiger partial charge in [-0.2, -0.15) is 9.40 Å². The zero-order valence-electron chi connectivity index (χ0n) is 17.7. The van der Waals surface area contributed by atoms with Gasteiger partial charge in [-0.1, -0.05) is 18.2 Å². The summed E-state index contributed by atoms with van der Waals surface area (Å²) in [6, 6.07) is 15.7. The molecule has 0 aliphatic carbocycles. The lowest BCUT2D eigenvalue weighted by Crippen LogP contribution is -2.34. The van der Waals surface area contributed by atoms with E-state index in [9.17, 15) is 8.42 Å². The molecule has 0 amide bonds. The summed E-state index contributed by atoms with van der Waals surface area (Å²) in [7, 11) is -3.48. The van der Waals surface area contributed by atoms with Crippen LogP contribution in [0.1, 0.15) is 18.9 Å². The first-order chi connectivity index (χ1) is 14.9. The van der Waals surface area contributed by atoms with Crippen LogP contribution in [-0.4, -0.2) is 40.1 Å². The molecule has 1 saturated heterocycles. The predicted octanol–water partition coefficient (Wildman–Crippen LogP) is 4.44. The first kappa shape index (κ1) is 20.0. The lowest BCUT2D eigenvalue weighted by Gasteiger charge is -2.21. The molecule has 2 aromatic heterocycles. The fourth-order valence-corrected chi connectivity index (χ4v) is 6.54. The molecule has 0 radical (unpaired) electrons. The van der Waals surface area contributed by atoms with Crippen LogP contribution in [0.4, 0.5) is 0 Å². The molecule has 1 aliphatic rings. The number of nitrogens with one attached hydrogen (secondary N) is 1. The van der Waals surface area contributed by atoms with Gasteiger partial charge in [0.25, 0.3) is 0 Å². The first-order valence-corrected chi connectivity index (χ1v) is 12.0. The molecule has 1 aliphatic heterocycles. The van der Waals surface area contributed by atoms with E-state index in [-0.39, 0.29) is 12.0 Å². The molecule has 0 saturated carbocycles. The summed E-state index contributed by atoms with van der Waals surface area (Å²) in [4.78, 5) is 0.387. The fourth-order valence-electron chi connectivity index (χ4n) is 4.71. The highest BCUT2D eigenvalue weighted by atomic mass is 32.2. The number of sulfonamides is 1. The van der Waals surface area contributed by atoms with Gasteiger partial charge >= 0.3 is 0 Å². The SMILES string of the molecule is Cc1cccc(S(=O)(=O)N2C[C@H](Cn3ccc4cc(-c5cn[nH]c5)ccc43)C[C@@H]2C)c1. The summed E-state index contributed by atoms with van der Waals surface area (Å²) in [6.07, 6.45) is 6.67. The van der Waals surface area contributed by atoms with Crippen LogP contribution in [0.5, 0.6) is 0 Å². The van der Waals surface area contributed by atoms with E-state index >= 15 is 0 Å². The molecule has 3 heterocycles. The predicted molar refractivity (Wildman–Crippen MR) is 122 cm³/mol. The summed E-state index contributed by atoms with van der Waals surface area (Å²) in [5, 5.41) is 8.06. The molecule has 31 heavy (non-hydrogen) atoms. The van der Waals surface area contributed by atoms with Crippen molar-refractivity contribution in [2.75, 3.05) is 6.54 Å². The molecule has 0 spiro atoms. The Labute approximate surface area is 182 Å². The van der Waals surface area contributed by atoms with E-state index in [0.29, 0.717) is 11.4 Å². The van der Waals surface area contributed by atoms with Gasteiger partial charge in [0, 0.05) is 48.0 Å². The van der Waals surface area contributed by atoms with Crippen molar-refractivity contribution in [3.05, 3.63) is 72.7 Å². The van der Waals surface area contributed by atoms with Gasteiger partial charge in [-0.15, -0.1) is 0 Å². The largest absolute Gasteiger partial charge is 0.347 e. The molecule has 0 unspecified atom stereocenters. The number of H-pyrrole nitrogens is 1. The topological polar surface area (TPSA) is 71.0 Å². The van der Waals surface area contributed by atoms with Crippen LogP contribution in [0.15, 0.2) is 72.0 Å². The zero-order valence-corrected chi connectivity index (χ0v) is 18.5. The van der Waals surface area contributed by atoms with Crippen molar-refractivity contribution in [3.63, 3.8) is 0 Å². The van der Waals surface area contributed by atoms with Crippen molar-refractivity contribution in [1.82, 2.24) is 19.1 Å². The molecule has 6 nitrogen and oxygen atoms in total. The minimum Gasteiger partial charge on any atom is -0.347 e. The third-order valence-electron chi connectivity index (χ3n) is 6.26. The van der Waals surface area contributed by atoms with E-state index in [2.05, 4.69) is 45.2 Å². The maximum atomic E-state index is 13.2. The highest BCUT2D eigenvalue weighted by Gasteiger charge is 2.38. The van der Waals surface area contributed by atoms with Crippen molar-refractivity contribution in [2.45, 2.75) is 37.8 Å². The zero-order chi connectivity index (χ0) is 21.6. The van der Waals surface area contributed by atoms with Gasteiger partial charge in [0.15, 0.2) is 0 Å². The number of aryl methyl sites for hydroxylation is 1. The first-order valence-electron chi connectivity index (χ1n) is 10.6. The summed E-state index contributed by atoms with van der Waals surface area (Å²) < 4.78 is 30.4. The van der Waals surface area contributed by atoms with E-state index < -0.39 is 10.0 Å². The third-order valence-corrected chi connectivity index (χ3v) is 8.23. The molecule has 1 N–H and O–H groups in total. The smallest absolute Gasteiger partial charge is 0.243 e. The number of nitrogens with zero attached hydrogens (tertiary/aromatic N) is 3. The van der Waals surface area contributed by atoms with E-state index in [1.54, 1.807) is 16.4 Å². The third kappa shape index (κ3) is 3.68. The van der Waals surface area contributed by atoms with Gasteiger partial charge in [-0.3, -0.25) is 5.10 Å². The Hall–Kier alpha value is -2.90. The lowest BCUT2D eigenvalue weighted by molar-refractivity contribution is 0.399. The van der Waals surface area contributed by atoms with E-state index in [0.717, 1.165) is 29.7 Å². The Morgan fingerprint density at radius 3 is 2.77 bits per heavy atom. The average molecular weight is 435 g/mol. The van der Waals surface area contributed by atoms with Crippen LogP contribution in [0.2, 0.25) is 0 Å². The molecule has 1 fully saturated rings. The molecule has 2 aromatic carbocycles. The van der Waals surface area contributed by atoms with Gasteiger partial charge in [0.05, 0.1) is 11.1 Å². The Kier molecular flexibility index (Phi) is 4.95. The second kappa shape index (κ2) is 7.66. The van der Waals surface area contributed by atoms with Crippen molar-refractivity contribution in [3.8, 4) is 11.1 Å². The second-order valence-corrected chi connectivity index (χ2v) is 10.5. The normalized spacial score (nSPS) is 19.9. The van der Waals surface area contributed by atoms with Crippen LogP contribution < -0.4 is 0 Å². The number of fused-ring (bicyclic) bond motifs is 1. The fraction of sp³-hybridized carbons (Fsp3) is 0.292. The van der Waals surface area contributed by atoms with Crippen molar-refractivity contribution < 1.29 is 8.42 Å². The van der Waals surface area contributed by atoms with E-state index in [1.165, 1.54) is 10.9 Å². The molecular weight excluding hydrogens is 408 g/mol. The van der Waals surface area contributed by atoms with Gasteiger partial charge in [0.1, 0.15) is 0 Å². The highest BCUT2D eigenvalue weighted by molar-refractivity contribution is 7.89. The lowest BCUT2D eigenvalue weighted by atomic mass is 10.1. The maximum Gasteiger partial charge on any atom is 0.243 e. The minimum absolute atomic E-state index is 0.00923. The van der Waals surface area contributed by atoms with Gasteiger partial charge in [-0.05, 0) is 67.6 Å². The van der Waals surface area contributed by atoms with Crippen LogP contribution >= 0.6 is 0 Å². The Bertz CT molecular complexity index is 1320. The quantitative estimate of drug-likeness (QED) is 0.505. The molecule has 4 aromatic rings. The van der Waals surface area contributed by atoms with Crippen LogP contribution in [0.25, 0.3) is 22.0 Å². The number of benzene rings is 2. The second-order valence-electron chi connectivity index (χ2n) is 8.57. The minimum atomic E-state index is -3.48. The van der Waals surface area contributed by atoms with Crippen LogP contribution in [-0.2, 0) is 16.6 Å². The summed E-state index contributed by atoms with van der Waals surface area (Å²) >= 11 is 0. The summed E-state index contributed by atoms with van der Waals surface area (Å²) in [5.41, 5.74) is 4.32. The molecular formula is C24H26N4O2S. The highest BCUT2D eigenvalue weighted by Crippen LogP contribution is 2.32. The Morgan fingerprint density at radius 1 is 1.13 bits per heavy atom. The van der Waals surface area contributed by atoms with E-state index in [1.807, 2.05) is 38.4 Å². The monoisotopic (exact) mass is 434 g/mol. The van der Waals surface area contributed by atoms with Crippen LogP contribution in [0, 0.1) is 12.8 Å². The number of hydrogen-bond acceptors (Lipinski definition) is 3. The molecule has 160 valence electrons. The summed E-state index contributed by atoms with van der Waals surface area (Å²) in [6.45, 7) is 5.28. The van der Waals surface area contributed by atoms with Crippen LogP contribution in [0.3, 0.4) is 0 Å². The molecule has 2 atom stereocenters. The van der Waals surface area contributed by atoms with Gasteiger partial charge in [-0.25, -0.2) is 8.42 Å². The van der Waals surface area contributed by atoms with Crippen molar-refractivity contribution >= 4 is 20.9 Å². The Morgan fingerprint density at radius 2 is 2.00 bits per heavy atom. The summed E-state index contributed by atoms with van der Waals surface area (Å²) in [5.74, 6) is 0.277. The molecule has 5 rings (SSSR count). The van der Waals surface area contributed by atoms with Gasteiger partial charge < -0.3 is 4.57 Å². The molecule has 0 bridgehead atoms. The number of aromatic amines is 1.